The molecule has 188 valence electrons. The molecule has 9 nitrogen and oxygen atoms in total. The highest BCUT2D eigenvalue weighted by molar-refractivity contribution is 9.10. The SMILES string of the molecule is O=C(CSc1nnc(-c2ccncc2)o1)Nc1ccc(N2CCN(C(=O)c3cccc(Br)c3)CC2)cc1. The molecule has 2 aromatic heterocycles. The highest BCUT2D eigenvalue weighted by atomic mass is 79.9. The lowest BCUT2D eigenvalue weighted by molar-refractivity contribution is -0.113. The smallest absolute Gasteiger partial charge is 0.277 e. The molecule has 2 amide bonds. The van der Waals surface area contributed by atoms with E-state index < -0.39 is 0 Å². The quantitative estimate of drug-likeness (QED) is 0.317. The third-order valence-electron chi connectivity index (χ3n) is 5.82. The summed E-state index contributed by atoms with van der Waals surface area (Å²) in [5.74, 6) is 0.416. The molecule has 1 N–H and O–H groups in total. The predicted molar refractivity (Wildman–Crippen MR) is 146 cm³/mol. The summed E-state index contributed by atoms with van der Waals surface area (Å²) in [5, 5.41) is 11.2. The molecule has 0 unspecified atom stereocenters. The van der Waals surface area contributed by atoms with Gasteiger partial charge in [-0.2, -0.15) is 0 Å². The highest BCUT2D eigenvalue weighted by Gasteiger charge is 2.22. The molecule has 37 heavy (non-hydrogen) atoms. The van der Waals surface area contributed by atoms with E-state index in [9.17, 15) is 9.59 Å². The lowest BCUT2D eigenvalue weighted by atomic mass is 10.1. The molecule has 0 aliphatic carbocycles. The maximum absolute atomic E-state index is 12.8. The van der Waals surface area contributed by atoms with Crippen molar-refractivity contribution in [3.8, 4) is 11.5 Å². The van der Waals surface area contributed by atoms with Gasteiger partial charge in [0.2, 0.25) is 11.8 Å². The summed E-state index contributed by atoms with van der Waals surface area (Å²) in [6.07, 6.45) is 3.30. The van der Waals surface area contributed by atoms with Gasteiger partial charge < -0.3 is 19.5 Å². The molecule has 11 heteroatoms. The zero-order valence-electron chi connectivity index (χ0n) is 19.7. The van der Waals surface area contributed by atoms with Crippen molar-refractivity contribution >= 4 is 50.9 Å². The normalized spacial score (nSPS) is 13.4. The molecule has 0 bridgehead atoms. The molecule has 0 saturated carbocycles. The average molecular weight is 579 g/mol. The van der Waals surface area contributed by atoms with Gasteiger partial charge in [-0.25, -0.2) is 0 Å². The van der Waals surface area contributed by atoms with Crippen molar-refractivity contribution in [3.63, 3.8) is 0 Å². The Kier molecular flexibility index (Phi) is 7.81. The zero-order chi connectivity index (χ0) is 25.6. The van der Waals surface area contributed by atoms with E-state index >= 15 is 0 Å². The average Bonchev–Trinajstić information content (AvgIpc) is 3.42. The molecule has 4 aromatic rings. The van der Waals surface area contributed by atoms with Crippen LogP contribution in [0.4, 0.5) is 11.4 Å². The second-order valence-electron chi connectivity index (χ2n) is 8.28. The predicted octanol–water partition coefficient (Wildman–Crippen LogP) is 4.59. The van der Waals surface area contributed by atoms with E-state index in [4.69, 9.17) is 4.42 Å². The number of halogens is 1. The van der Waals surface area contributed by atoms with Crippen molar-refractivity contribution < 1.29 is 14.0 Å². The number of aromatic nitrogens is 3. The fourth-order valence-corrected chi connectivity index (χ4v) is 4.89. The molecule has 1 aliphatic rings. The van der Waals surface area contributed by atoms with Crippen molar-refractivity contribution in [2.45, 2.75) is 5.22 Å². The highest BCUT2D eigenvalue weighted by Crippen LogP contribution is 2.24. The molecule has 2 aromatic carbocycles. The van der Waals surface area contributed by atoms with Crippen molar-refractivity contribution in [1.29, 1.82) is 0 Å². The lowest BCUT2D eigenvalue weighted by Gasteiger charge is -2.36. The third kappa shape index (κ3) is 6.36. The van der Waals surface area contributed by atoms with E-state index in [0.717, 1.165) is 28.8 Å². The number of piperazine rings is 1. The van der Waals surface area contributed by atoms with E-state index in [1.54, 1.807) is 24.5 Å². The number of hydrogen-bond acceptors (Lipinski definition) is 8. The van der Waals surface area contributed by atoms with Gasteiger partial charge in [0.15, 0.2) is 0 Å². The maximum Gasteiger partial charge on any atom is 0.277 e. The van der Waals surface area contributed by atoms with Crippen LogP contribution in [-0.4, -0.2) is 63.8 Å². The number of amides is 2. The topological polar surface area (TPSA) is 104 Å². The number of nitrogens with one attached hydrogen (secondary N) is 1. The number of hydrogen-bond donors (Lipinski definition) is 1. The number of rotatable bonds is 7. The number of thioether (sulfide) groups is 1. The molecule has 0 radical (unpaired) electrons. The lowest BCUT2D eigenvalue weighted by Crippen LogP contribution is -2.48. The van der Waals surface area contributed by atoms with Crippen molar-refractivity contribution in [2.24, 2.45) is 0 Å². The zero-order valence-corrected chi connectivity index (χ0v) is 22.1. The molecule has 0 spiro atoms. The van der Waals surface area contributed by atoms with Crippen LogP contribution in [0.5, 0.6) is 0 Å². The molecule has 3 heterocycles. The Hall–Kier alpha value is -3.70. The first-order chi connectivity index (χ1) is 18.0. The van der Waals surface area contributed by atoms with Crippen LogP contribution in [0.2, 0.25) is 0 Å². The Labute approximate surface area is 226 Å². The van der Waals surface area contributed by atoms with E-state index in [1.807, 2.05) is 53.4 Å². The number of anilines is 2. The summed E-state index contributed by atoms with van der Waals surface area (Å²) in [4.78, 5) is 33.3. The number of pyridine rings is 1. The minimum absolute atomic E-state index is 0.0472. The van der Waals surface area contributed by atoms with Gasteiger partial charge in [0.05, 0.1) is 5.75 Å². The van der Waals surface area contributed by atoms with Gasteiger partial charge in [0.25, 0.3) is 11.1 Å². The maximum atomic E-state index is 12.8. The Morgan fingerprint density at radius 3 is 2.46 bits per heavy atom. The van der Waals surface area contributed by atoms with Crippen molar-refractivity contribution in [3.05, 3.63) is 83.1 Å². The first-order valence-corrected chi connectivity index (χ1v) is 13.4. The Balaban J connectivity index is 1.09. The monoisotopic (exact) mass is 578 g/mol. The Bertz CT molecular complexity index is 1370. The van der Waals surface area contributed by atoms with Crippen LogP contribution in [0, 0.1) is 0 Å². The summed E-state index contributed by atoms with van der Waals surface area (Å²) >= 11 is 4.61. The van der Waals surface area contributed by atoms with Crippen LogP contribution in [0.3, 0.4) is 0 Å². The van der Waals surface area contributed by atoms with Crippen LogP contribution in [0.25, 0.3) is 11.5 Å². The first-order valence-electron chi connectivity index (χ1n) is 11.6. The number of nitrogens with zero attached hydrogens (tertiary/aromatic N) is 5. The molecular weight excluding hydrogens is 556 g/mol. The van der Waals surface area contributed by atoms with Crippen LogP contribution in [-0.2, 0) is 4.79 Å². The molecule has 0 atom stereocenters. The molecule has 1 saturated heterocycles. The van der Waals surface area contributed by atoms with Gasteiger partial charge in [0.1, 0.15) is 0 Å². The van der Waals surface area contributed by atoms with E-state index in [0.29, 0.717) is 35.5 Å². The van der Waals surface area contributed by atoms with Crippen molar-refractivity contribution in [1.82, 2.24) is 20.1 Å². The second-order valence-corrected chi connectivity index (χ2v) is 10.1. The summed E-state index contributed by atoms with van der Waals surface area (Å²) in [6, 6.07) is 18.8. The van der Waals surface area contributed by atoms with Gasteiger partial charge in [-0.3, -0.25) is 14.6 Å². The summed E-state index contributed by atoms with van der Waals surface area (Å²) in [6.45, 7) is 2.79. The third-order valence-corrected chi connectivity index (χ3v) is 7.13. The Morgan fingerprint density at radius 1 is 0.973 bits per heavy atom. The number of benzene rings is 2. The number of carbonyl (C=O) groups excluding carboxylic acids is 2. The van der Waals surface area contributed by atoms with Crippen LogP contribution >= 0.6 is 27.7 Å². The van der Waals surface area contributed by atoms with Gasteiger partial charge in [0, 0.05) is 65.5 Å². The standard InChI is InChI=1S/C26H23BrN6O3S/c27-20-3-1-2-19(16-20)25(35)33-14-12-32(13-15-33)22-6-4-21(5-7-22)29-23(34)17-37-26-31-30-24(36-26)18-8-10-28-11-9-18/h1-11,16H,12-15,17H2,(H,29,34). The van der Waals surface area contributed by atoms with E-state index in [1.165, 1.54) is 11.8 Å². The van der Waals surface area contributed by atoms with E-state index in [-0.39, 0.29) is 17.6 Å². The van der Waals surface area contributed by atoms with Crippen LogP contribution in [0.15, 0.2) is 87.2 Å². The van der Waals surface area contributed by atoms with Gasteiger partial charge >= 0.3 is 0 Å². The minimum Gasteiger partial charge on any atom is -0.411 e. The van der Waals surface area contributed by atoms with Gasteiger partial charge in [-0.05, 0) is 54.6 Å². The first kappa shape index (κ1) is 25.0. The Morgan fingerprint density at radius 2 is 1.73 bits per heavy atom. The molecule has 1 aliphatic heterocycles. The molecule has 5 rings (SSSR count). The second kappa shape index (κ2) is 11.6. The van der Waals surface area contributed by atoms with Crippen LogP contribution in [0.1, 0.15) is 10.4 Å². The summed E-state index contributed by atoms with van der Waals surface area (Å²) in [7, 11) is 0. The fraction of sp³-hybridized carbons (Fsp3) is 0.192. The van der Waals surface area contributed by atoms with E-state index in [2.05, 4.69) is 41.3 Å². The number of carbonyl (C=O) groups is 2. The largest absolute Gasteiger partial charge is 0.411 e. The van der Waals surface area contributed by atoms with Gasteiger partial charge in [-0.1, -0.05) is 33.8 Å². The van der Waals surface area contributed by atoms with Gasteiger partial charge in [-0.15, -0.1) is 10.2 Å². The molecule has 1 fully saturated rings. The fourth-order valence-electron chi connectivity index (χ4n) is 3.93. The molecular formula is C26H23BrN6O3S. The van der Waals surface area contributed by atoms with Crippen molar-refractivity contribution in [2.75, 3.05) is 42.1 Å². The summed E-state index contributed by atoms with van der Waals surface area (Å²) < 4.78 is 6.50. The van der Waals surface area contributed by atoms with Crippen LogP contribution < -0.4 is 10.2 Å². The summed E-state index contributed by atoms with van der Waals surface area (Å²) in [5.41, 5.74) is 3.22. The minimum atomic E-state index is -0.166.